The maximum absolute atomic E-state index is 10.7. The summed E-state index contributed by atoms with van der Waals surface area (Å²) in [4.78, 5) is 0. The summed E-state index contributed by atoms with van der Waals surface area (Å²) in [6, 6.07) is 27.9. The fourth-order valence-electron chi connectivity index (χ4n) is 4.38. The first-order valence-corrected chi connectivity index (χ1v) is 10.5. The third-order valence-corrected chi connectivity index (χ3v) is 5.94. The lowest BCUT2D eigenvalue weighted by Crippen LogP contribution is -2.19. The number of fused-ring (bicyclic) bond motifs is 1. The fraction of sp³-hybridized carbons (Fsp3) is 0.148. The molecule has 0 amide bonds. The molecule has 0 saturated carbocycles. The molecule has 5 heteroatoms. The minimum atomic E-state index is -0.0473. The van der Waals surface area contributed by atoms with Gasteiger partial charge in [0.05, 0.1) is 26.0 Å². The molecule has 4 aromatic carbocycles. The van der Waals surface area contributed by atoms with Crippen LogP contribution in [0.1, 0.15) is 23.6 Å². The molecule has 5 rings (SSSR count). The minimum absolute atomic E-state index is 0.0473. The monoisotopic (exact) mass is 424 g/mol. The third-order valence-electron chi connectivity index (χ3n) is 5.94. The van der Waals surface area contributed by atoms with Gasteiger partial charge in [0.2, 0.25) is 0 Å². The molecular weight excluding hydrogens is 400 g/mol. The smallest absolute Gasteiger partial charge is 0.144 e. The number of methoxy groups -OCH3 is 2. The number of phenolic OH excluding ortho intramolecular Hbond substituents is 1. The first-order chi connectivity index (χ1) is 15.7. The van der Waals surface area contributed by atoms with Crippen LogP contribution in [0.4, 0.5) is 5.69 Å². The van der Waals surface area contributed by atoms with Gasteiger partial charge in [0, 0.05) is 18.1 Å². The fourth-order valence-corrected chi connectivity index (χ4v) is 4.38. The van der Waals surface area contributed by atoms with Crippen molar-refractivity contribution in [1.29, 1.82) is 0 Å². The molecule has 0 bridgehead atoms. The van der Waals surface area contributed by atoms with Crippen molar-refractivity contribution in [1.82, 2.24) is 0 Å². The van der Waals surface area contributed by atoms with Gasteiger partial charge in [-0.15, -0.1) is 0 Å². The number of ether oxygens (including phenoxy) is 2. The molecule has 0 spiro atoms. The second kappa shape index (κ2) is 8.27. The summed E-state index contributed by atoms with van der Waals surface area (Å²) in [7, 11) is 3.25. The van der Waals surface area contributed by atoms with Gasteiger partial charge in [-0.05, 0) is 40.6 Å². The van der Waals surface area contributed by atoms with Gasteiger partial charge in [-0.3, -0.25) is 5.01 Å². The van der Waals surface area contributed by atoms with Crippen molar-refractivity contribution in [3.05, 3.63) is 96.1 Å². The molecule has 1 heterocycles. The predicted molar refractivity (Wildman–Crippen MR) is 128 cm³/mol. The molecule has 4 aromatic rings. The number of para-hydroxylation sites is 2. The van der Waals surface area contributed by atoms with E-state index in [2.05, 4.69) is 42.5 Å². The maximum atomic E-state index is 10.7. The lowest BCUT2D eigenvalue weighted by atomic mass is 9.93. The molecule has 1 N–H and O–H groups in total. The van der Waals surface area contributed by atoms with Gasteiger partial charge in [0.25, 0.3) is 0 Å². The van der Waals surface area contributed by atoms with Crippen LogP contribution >= 0.6 is 0 Å². The van der Waals surface area contributed by atoms with E-state index in [9.17, 15) is 5.11 Å². The molecule has 0 aliphatic carbocycles. The van der Waals surface area contributed by atoms with Crippen molar-refractivity contribution in [2.75, 3.05) is 19.2 Å². The summed E-state index contributed by atoms with van der Waals surface area (Å²) < 4.78 is 10.9. The van der Waals surface area contributed by atoms with Crippen LogP contribution in [-0.4, -0.2) is 25.0 Å². The van der Waals surface area contributed by atoms with E-state index in [1.54, 1.807) is 20.3 Å². The summed E-state index contributed by atoms with van der Waals surface area (Å²) in [5.74, 6) is 1.51. The van der Waals surface area contributed by atoms with E-state index in [4.69, 9.17) is 14.6 Å². The summed E-state index contributed by atoms with van der Waals surface area (Å²) in [6.45, 7) is 0. The normalized spacial score (nSPS) is 15.6. The first-order valence-electron chi connectivity index (χ1n) is 10.5. The summed E-state index contributed by atoms with van der Waals surface area (Å²) in [5.41, 5.74) is 3.58. The summed E-state index contributed by atoms with van der Waals surface area (Å²) in [5, 5.41) is 20.0. The number of rotatable bonds is 5. The predicted octanol–water partition coefficient (Wildman–Crippen LogP) is 5.92. The minimum Gasteiger partial charge on any atom is -0.507 e. The highest BCUT2D eigenvalue weighted by atomic mass is 16.5. The molecule has 1 atom stereocenters. The molecule has 0 fully saturated rings. The van der Waals surface area contributed by atoms with Crippen LogP contribution < -0.4 is 14.5 Å². The van der Waals surface area contributed by atoms with Crippen LogP contribution in [0.3, 0.4) is 0 Å². The Balaban J connectivity index is 1.66. The van der Waals surface area contributed by atoms with Crippen LogP contribution in [0.2, 0.25) is 0 Å². The Morgan fingerprint density at radius 2 is 1.66 bits per heavy atom. The number of anilines is 1. The highest BCUT2D eigenvalue weighted by Crippen LogP contribution is 2.43. The largest absolute Gasteiger partial charge is 0.507 e. The van der Waals surface area contributed by atoms with Crippen molar-refractivity contribution in [2.45, 2.75) is 12.5 Å². The van der Waals surface area contributed by atoms with Gasteiger partial charge in [-0.25, -0.2) is 0 Å². The number of hydrogen-bond acceptors (Lipinski definition) is 5. The van der Waals surface area contributed by atoms with Crippen LogP contribution in [0.5, 0.6) is 17.2 Å². The second-order valence-corrected chi connectivity index (χ2v) is 7.73. The highest BCUT2D eigenvalue weighted by molar-refractivity contribution is 6.06. The Bertz CT molecular complexity index is 1310. The SMILES string of the molecule is COc1ccc(C2=NN(c3ccccc3OC)C(c3cccc4ccccc34)C2)c(O)c1. The van der Waals surface area contributed by atoms with Gasteiger partial charge in [-0.2, -0.15) is 5.10 Å². The maximum Gasteiger partial charge on any atom is 0.144 e. The van der Waals surface area contributed by atoms with Crippen molar-refractivity contribution in [3.63, 3.8) is 0 Å². The number of phenols is 1. The van der Waals surface area contributed by atoms with Crippen molar-refractivity contribution in [3.8, 4) is 17.2 Å². The third kappa shape index (κ3) is 3.42. The lowest BCUT2D eigenvalue weighted by molar-refractivity contribution is 0.407. The molecule has 5 nitrogen and oxygen atoms in total. The molecule has 1 aliphatic heterocycles. The Kier molecular flexibility index (Phi) is 5.15. The Hall–Kier alpha value is -3.99. The van der Waals surface area contributed by atoms with Gasteiger partial charge in [-0.1, -0.05) is 54.6 Å². The van der Waals surface area contributed by atoms with E-state index in [1.165, 1.54) is 16.3 Å². The Labute approximate surface area is 187 Å². The Morgan fingerprint density at radius 1 is 0.875 bits per heavy atom. The van der Waals surface area contributed by atoms with E-state index in [-0.39, 0.29) is 11.8 Å². The molecular formula is C27H24N2O3. The van der Waals surface area contributed by atoms with Crippen LogP contribution in [0, 0.1) is 0 Å². The molecule has 1 aliphatic rings. The number of hydrazone groups is 1. The van der Waals surface area contributed by atoms with E-state index in [1.807, 2.05) is 41.4 Å². The summed E-state index contributed by atoms with van der Waals surface area (Å²) in [6.07, 6.45) is 0.645. The average molecular weight is 425 g/mol. The number of benzene rings is 4. The molecule has 1 unspecified atom stereocenters. The molecule has 0 aromatic heterocycles. The first kappa shape index (κ1) is 19.9. The second-order valence-electron chi connectivity index (χ2n) is 7.73. The molecule has 32 heavy (non-hydrogen) atoms. The van der Waals surface area contributed by atoms with Crippen LogP contribution in [-0.2, 0) is 0 Å². The van der Waals surface area contributed by atoms with Crippen molar-refractivity contribution in [2.24, 2.45) is 5.10 Å². The van der Waals surface area contributed by atoms with E-state index in [0.29, 0.717) is 17.7 Å². The summed E-state index contributed by atoms with van der Waals surface area (Å²) >= 11 is 0. The van der Waals surface area contributed by atoms with Gasteiger partial charge in [0.1, 0.15) is 22.9 Å². The van der Waals surface area contributed by atoms with Crippen molar-refractivity contribution < 1.29 is 14.6 Å². The van der Waals surface area contributed by atoms with Crippen molar-refractivity contribution >= 4 is 22.2 Å². The topological polar surface area (TPSA) is 54.3 Å². The zero-order chi connectivity index (χ0) is 22.1. The molecule has 0 radical (unpaired) electrons. The zero-order valence-corrected chi connectivity index (χ0v) is 18.0. The number of nitrogens with zero attached hydrogens (tertiary/aromatic N) is 2. The average Bonchev–Trinajstić information content (AvgIpc) is 3.28. The Morgan fingerprint density at radius 3 is 2.47 bits per heavy atom. The van der Waals surface area contributed by atoms with E-state index < -0.39 is 0 Å². The zero-order valence-electron chi connectivity index (χ0n) is 18.0. The lowest BCUT2D eigenvalue weighted by Gasteiger charge is -2.26. The van der Waals surface area contributed by atoms with Crippen LogP contribution in [0.15, 0.2) is 90.0 Å². The standard InChI is InChI=1S/C27H24N2O3/c1-31-19-14-15-22(26(30)16-19)23-17-25(21-11-7-9-18-8-3-4-10-20(18)21)29(28-23)24-12-5-6-13-27(24)32-2/h3-16,25,30H,17H2,1-2H3. The van der Waals surface area contributed by atoms with Gasteiger partial charge < -0.3 is 14.6 Å². The highest BCUT2D eigenvalue weighted by Gasteiger charge is 2.33. The van der Waals surface area contributed by atoms with Gasteiger partial charge in [0.15, 0.2) is 0 Å². The number of aromatic hydroxyl groups is 1. The molecule has 160 valence electrons. The van der Waals surface area contributed by atoms with E-state index >= 15 is 0 Å². The number of hydrogen-bond donors (Lipinski definition) is 1. The van der Waals surface area contributed by atoms with E-state index in [0.717, 1.165) is 17.1 Å². The quantitative estimate of drug-likeness (QED) is 0.432. The molecule has 0 saturated heterocycles. The van der Waals surface area contributed by atoms with Gasteiger partial charge >= 0.3 is 0 Å². The van der Waals surface area contributed by atoms with Crippen LogP contribution in [0.25, 0.3) is 10.8 Å².